The van der Waals surface area contributed by atoms with E-state index in [2.05, 4.69) is 26.0 Å². The summed E-state index contributed by atoms with van der Waals surface area (Å²) in [6.07, 6.45) is -4.51. The normalized spacial score (nSPS) is 11.2. The van der Waals surface area contributed by atoms with E-state index in [1.807, 2.05) is 0 Å². The molecule has 0 unspecified atom stereocenters. The third-order valence-electron chi connectivity index (χ3n) is 1.99. The predicted octanol–water partition coefficient (Wildman–Crippen LogP) is 2.66. The lowest BCUT2D eigenvalue weighted by Gasteiger charge is -2.10. The summed E-state index contributed by atoms with van der Waals surface area (Å²) >= 11 is 3.08. The van der Waals surface area contributed by atoms with Crippen LogP contribution in [0.5, 0.6) is 0 Å². The molecule has 0 saturated carbocycles. The van der Waals surface area contributed by atoms with Crippen molar-refractivity contribution >= 4 is 33.5 Å². The van der Waals surface area contributed by atoms with Gasteiger partial charge in [-0.05, 0) is 34.1 Å². The highest BCUT2D eigenvalue weighted by atomic mass is 79.9. The first-order valence-electron chi connectivity index (χ1n) is 5.16. The van der Waals surface area contributed by atoms with E-state index in [0.717, 1.165) is 0 Å². The van der Waals surface area contributed by atoms with Crippen molar-refractivity contribution in [2.24, 2.45) is 0 Å². The van der Waals surface area contributed by atoms with Crippen LogP contribution in [0.2, 0.25) is 0 Å². The van der Waals surface area contributed by atoms with Crippen molar-refractivity contribution in [3.63, 3.8) is 0 Å². The summed E-state index contributed by atoms with van der Waals surface area (Å²) in [4.78, 5) is 22.1. The molecule has 0 atom stereocenters. The average molecular weight is 356 g/mol. The first-order chi connectivity index (χ1) is 9.19. The van der Waals surface area contributed by atoms with Gasteiger partial charge in [0.25, 0.3) is 0 Å². The summed E-state index contributed by atoms with van der Waals surface area (Å²) in [7, 11) is 0. The smallest absolute Gasteiger partial charge is 0.411 e. The second-order valence-corrected chi connectivity index (χ2v) is 4.51. The number of halogens is 4. The molecule has 1 aromatic rings. The summed E-state index contributed by atoms with van der Waals surface area (Å²) < 4.78 is 40.0. The fraction of sp³-hybridized carbons (Fsp3) is 0.273. The molecular weight excluding hydrogens is 347 g/mol. The third-order valence-corrected chi connectivity index (χ3v) is 2.68. The van der Waals surface area contributed by atoms with Gasteiger partial charge in [0, 0.05) is 4.47 Å². The number of carbonyl (C=O) groups is 2. The quantitative estimate of drug-likeness (QED) is 0.851. The van der Waals surface area contributed by atoms with E-state index in [1.54, 1.807) is 0 Å². The van der Waals surface area contributed by atoms with Gasteiger partial charge in [-0.3, -0.25) is 4.79 Å². The number of hydrogen-bond donors (Lipinski definition) is 2. The molecule has 0 spiro atoms. The Labute approximate surface area is 119 Å². The van der Waals surface area contributed by atoms with Crippen LogP contribution in [0, 0.1) is 0 Å². The number of alkyl halides is 3. The van der Waals surface area contributed by atoms with Crippen molar-refractivity contribution in [1.82, 2.24) is 0 Å². The number of benzene rings is 1. The standard InChI is InChI=1S/C11H9BrF3NO4/c12-7-2-1-6(10(18)19)3-8(7)16-9(17)4-20-5-11(13,14)15/h1-3H,4-5H2,(H,16,17)(H,18,19). The molecule has 2 N–H and O–H groups in total. The molecule has 0 heterocycles. The molecule has 0 bridgehead atoms. The van der Waals surface area contributed by atoms with Crippen LogP contribution < -0.4 is 5.32 Å². The minimum atomic E-state index is -4.51. The van der Waals surface area contributed by atoms with Crippen molar-refractivity contribution in [3.8, 4) is 0 Å². The molecule has 9 heteroatoms. The summed E-state index contributed by atoms with van der Waals surface area (Å²) in [6, 6.07) is 3.88. The van der Waals surface area contributed by atoms with Crippen LogP contribution in [0.1, 0.15) is 10.4 Å². The van der Waals surface area contributed by atoms with Gasteiger partial charge in [0.05, 0.1) is 11.3 Å². The number of aromatic carboxylic acids is 1. The molecule has 110 valence electrons. The SMILES string of the molecule is O=C(COCC(F)(F)F)Nc1cc(C(=O)O)ccc1Br. The predicted molar refractivity (Wildman–Crippen MR) is 66.6 cm³/mol. The lowest BCUT2D eigenvalue weighted by Crippen LogP contribution is -2.24. The maximum atomic E-state index is 11.8. The second kappa shape index (κ2) is 6.71. The van der Waals surface area contributed by atoms with E-state index < -0.39 is 31.3 Å². The first-order valence-corrected chi connectivity index (χ1v) is 5.95. The van der Waals surface area contributed by atoms with Gasteiger partial charge in [-0.2, -0.15) is 13.2 Å². The minimum absolute atomic E-state index is 0.0697. The summed E-state index contributed by atoms with van der Waals surface area (Å²) in [5, 5.41) is 11.0. The van der Waals surface area contributed by atoms with Gasteiger partial charge in [-0.1, -0.05) is 0 Å². The van der Waals surface area contributed by atoms with Crippen LogP contribution in [-0.4, -0.2) is 36.4 Å². The zero-order valence-corrected chi connectivity index (χ0v) is 11.4. The van der Waals surface area contributed by atoms with E-state index in [1.165, 1.54) is 18.2 Å². The van der Waals surface area contributed by atoms with Crippen molar-refractivity contribution < 1.29 is 32.6 Å². The summed E-state index contributed by atoms with van der Waals surface area (Å²) in [6.45, 7) is -2.32. The zero-order valence-electron chi connectivity index (χ0n) is 9.83. The number of amides is 1. The van der Waals surface area contributed by atoms with Crippen molar-refractivity contribution in [1.29, 1.82) is 0 Å². The van der Waals surface area contributed by atoms with Crippen molar-refractivity contribution in [3.05, 3.63) is 28.2 Å². The molecule has 1 amide bonds. The highest BCUT2D eigenvalue weighted by Crippen LogP contribution is 2.23. The zero-order chi connectivity index (χ0) is 15.3. The Morgan fingerprint density at radius 1 is 1.35 bits per heavy atom. The Bertz CT molecular complexity index is 519. The Kier molecular flexibility index (Phi) is 5.52. The van der Waals surface area contributed by atoms with Gasteiger partial charge in [0.2, 0.25) is 5.91 Å². The third kappa shape index (κ3) is 5.57. The highest BCUT2D eigenvalue weighted by Gasteiger charge is 2.27. The number of anilines is 1. The number of hydrogen-bond acceptors (Lipinski definition) is 3. The topological polar surface area (TPSA) is 75.6 Å². The molecule has 1 rings (SSSR count). The van der Waals surface area contributed by atoms with E-state index >= 15 is 0 Å². The van der Waals surface area contributed by atoms with E-state index in [-0.39, 0.29) is 11.3 Å². The highest BCUT2D eigenvalue weighted by molar-refractivity contribution is 9.10. The number of ether oxygens (including phenoxy) is 1. The van der Waals surface area contributed by atoms with Crippen LogP contribution in [-0.2, 0) is 9.53 Å². The number of rotatable bonds is 5. The molecule has 0 fully saturated rings. The van der Waals surface area contributed by atoms with Gasteiger partial charge in [0.1, 0.15) is 13.2 Å². The molecule has 0 aromatic heterocycles. The maximum Gasteiger partial charge on any atom is 0.411 e. The number of nitrogens with one attached hydrogen (secondary N) is 1. The summed E-state index contributed by atoms with van der Waals surface area (Å²) in [5.41, 5.74) is 0.0604. The number of carboxylic acids is 1. The first kappa shape index (κ1) is 16.4. The number of carbonyl (C=O) groups excluding carboxylic acids is 1. The lowest BCUT2D eigenvalue weighted by atomic mass is 10.2. The molecule has 0 aliphatic rings. The van der Waals surface area contributed by atoms with Crippen LogP contribution in [0.15, 0.2) is 22.7 Å². The average Bonchev–Trinajstić information content (AvgIpc) is 2.30. The van der Waals surface area contributed by atoms with Crippen molar-refractivity contribution in [2.75, 3.05) is 18.5 Å². The van der Waals surface area contributed by atoms with E-state index in [0.29, 0.717) is 4.47 Å². The molecule has 5 nitrogen and oxygen atoms in total. The second-order valence-electron chi connectivity index (χ2n) is 3.66. The molecule has 0 aliphatic heterocycles. The Morgan fingerprint density at radius 2 is 2.00 bits per heavy atom. The Hall–Kier alpha value is -1.61. The lowest BCUT2D eigenvalue weighted by molar-refractivity contribution is -0.174. The van der Waals surface area contributed by atoms with Gasteiger partial charge in [-0.25, -0.2) is 4.79 Å². The van der Waals surface area contributed by atoms with Gasteiger partial charge in [-0.15, -0.1) is 0 Å². The van der Waals surface area contributed by atoms with Crippen LogP contribution in [0.25, 0.3) is 0 Å². The van der Waals surface area contributed by atoms with Gasteiger partial charge in [0.15, 0.2) is 0 Å². The molecular formula is C11H9BrF3NO4. The Morgan fingerprint density at radius 3 is 2.55 bits per heavy atom. The molecule has 0 aliphatic carbocycles. The van der Waals surface area contributed by atoms with Crippen LogP contribution in [0.3, 0.4) is 0 Å². The molecule has 20 heavy (non-hydrogen) atoms. The largest absolute Gasteiger partial charge is 0.478 e. The molecule has 1 aromatic carbocycles. The van der Waals surface area contributed by atoms with Crippen molar-refractivity contribution in [2.45, 2.75) is 6.18 Å². The Balaban J connectivity index is 2.62. The molecule has 0 saturated heterocycles. The van der Waals surface area contributed by atoms with E-state index in [9.17, 15) is 22.8 Å². The van der Waals surface area contributed by atoms with Gasteiger partial charge < -0.3 is 15.2 Å². The monoisotopic (exact) mass is 355 g/mol. The van der Waals surface area contributed by atoms with E-state index in [4.69, 9.17) is 5.11 Å². The fourth-order valence-electron chi connectivity index (χ4n) is 1.20. The maximum absolute atomic E-state index is 11.8. The fourth-order valence-corrected chi connectivity index (χ4v) is 1.55. The summed E-state index contributed by atoms with van der Waals surface area (Å²) in [5.74, 6) is -2.01. The molecule has 0 radical (unpaired) electrons. The van der Waals surface area contributed by atoms with Gasteiger partial charge >= 0.3 is 12.1 Å². The van der Waals surface area contributed by atoms with Crippen LogP contribution in [0.4, 0.5) is 18.9 Å². The number of carboxylic acid groups (broad SMARTS) is 1. The minimum Gasteiger partial charge on any atom is -0.478 e. The van der Waals surface area contributed by atoms with Crippen LogP contribution >= 0.6 is 15.9 Å².